The van der Waals surface area contributed by atoms with E-state index in [1.807, 2.05) is 30.5 Å². The first-order chi connectivity index (χ1) is 9.22. The topological polar surface area (TPSA) is 65.1 Å². The molecule has 2 rings (SSSR count). The molecule has 1 heterocycles. The summed E-state index contributed by atoms with van der Waals surface area (Å²) in [4.78, 5) is 14.5. The minimum absolute atomic E-state index is 0.503. The Balaban J connectivity index is 2.10. The van der Waals surface area contributed by atoms with Gasteiger partial charge in [-0.2, -0.15) is 0 Å². The van der Waals surface area contributed by atoms with Gasteiger partial charge in [0.25, 0.3) is 0 Å². The van der Waals surface area contributed by atoms with Crippen molar-refractivity contribution in [2.75, 3.05) is 6.54 Å². The Morgan fingerprint density at radius 3 is 2.95 bits per heavy atom. The zero-order valence-corrected chi connectivity index (χ0v) is 11.1. The number of benzene rings is 1. The number of carboxylic acid groups (broad SMARTS) is 1. The molecule has 3 N–H and O–H groups in total. The number of nitrogens with one attached hydrogen (secondary N) is 2. The van der Waals surface area contributed by atoms with Crippen LogP contribution in [0.25, 0.3) is 10.9 Å². The van der Waals surface area contributed by atoms with E-state index in [4.69, 9.17) is 0 Å². The van der Waals surface area contributed by atoms with Crippen molar-refractivity contribution in [3.05, 3.63) is 36.0 Å². The van der Waals surface area contributed by atoms with Crippen LogP contribution in [0.5, 0.6) is 0 Å². The molecule has 0 aliphatic carbocycles. The van der Waals surface area contributed by atoms with Crippen LogP contribution in [0.3, 0.4) is 0 Å². The van der Waals surface area contributed by atoms with E-state index >= 15 is 0 Å². The molecule has 1 aromatic heterocycles. The summed E-state index contributed by atoms with van der Waals surface area (Å²) in [7, 11) is 0. The van der Waals surface area contributed by atoms with Crippen molar-refractivity contribution >= 4 is 16.9 Å². The highest BCUT2D eigenvalue weighted by molar-refractivity contribution is 5.84. The number of unbranched alkanes of at least 4 members (excludes halogenated alkanes) is 1. The van der Waals surface area contributed by atoms with Gasteiger partial charge in [-0.15, -0.1) is 0 Å². The van der Waals surface area contributed by atoms with E-state index < -0.39 is 12.0 Å². The number of aliphatic carboxylic acids is 1. The first-order valence-electron chi connectivity index (χ1n) is 6.73. The maximum absolute atomic E-state index is 11.3. The van der Waals surface area contributed by atoms with Gasteiger partial charge >= 0.3 is 5.97 Å². The molecular formula is C15H20N2O2. The highest BCUT2D eigenvalue weighted by Gasteiger charge is 2.18. The van der Waals surface area contributed by atoms with Crippen LogP contribution in [-0.2, 0) is 11.2 Å². The van der Waals surface area contributed by atoms with Crippen molar-refractivity contribution in [3.8, 4) is 0 Å². The van der Waals surface area contributed by atoms with E-state index in [0.29, 0.717) is 6.42 Å². The third-order valence-electron chi connectivity index (χ3n) is 3.32. The molecule has 19 heavy (non-hydrogen) atoms. The molecule has 1 aromatic carbocycles. The number of aromatic nitrogens is 1. The van der Waals surface area contributed by atoms with E-state index in [9.17, 15) is 9.90 Å². The van der Waals surface area contributed by atoms with Crippen LogP contribution < -0.4 is 5.32 Å². The molecule has 1 unspecified atom stereocenters. The molecule has 1 atom stereocenters. The second-order valence-electron chi connectivity index (χ2n) is 4.76. The first kappa shape index (κ1) is 13.6. The predicted molar refractivity (Wildman–Crippen MR) is 76.3 cm³/mol. The number of carbonyl (C=O) groups is 1. The number of hydrogen-bond donors (Lipinski definition) is 3. The Bertz CT molecular complexity index is 548. The number of para-hydroxylation sites is 1. The van der Waals surface area contributed by atoms with Gasteiger partial charge in [0.1, 0.15) is 6.04 Å². The van der Waals surface area contributed by atoms with Crippen molar-refractivity contribution in [2.45, 2.75) is 32.2 Å². The number of carboxylic acids is 1. The molecule has 0 fully saturated rings. The van der Waals surface area contributed by atoms with Gasteiger partial charge in [0.2, 0.25) is 0 Å². The van der Waals surface area contributed by atoms with E-state index in [0.717, 1.165) is 35.9 Å². The average molecular weight is 260 g/mol. The van der Waals surface area contributed by atoms with Crippen LogP contribution in [0, 0.1) is 0 Å². The van der Waals surface area contributed by atoms with Gasteiger partial charge in [0, 0.05) is 23.5 Å². The predicted octanol–water partition coefficient (Wildman–Crippen LogP) is 2.55. The van der Waals surface area contributed by atoms with Crippen LogP contribution in [0.4, 0.5) is 0 Å². The highest BCUT2D eigenvalue weighted by Crippen LogP contribution is 2.19. The van der Waals surface area contributed by atoms with Gasteiger partial charge in [0.15, 0.2) is 0 Å². The van der Waals surface area contributed by atoms with Crippen molar-refractivity contribution in [1.82, 2.24) is 10.3 Å². The molecule has 4 heteroatoms. The fraction of sp³-hybridized carbons (Fsp3) is 0.400. The standard InChI is InChI=1S/C15H20N2O2/c1-2-3-8-16-14(15(18)19)9-11-10-17-13-7-5-4-6-12(11)13/h4-7,10,14,16-17H,2-3,8-9H2,1H3,(H,18,19). The molecule has 0 amide bonds. The van der Waals surface area contributed by atoms with Crippen LogP contribution in [0.1, 0.15) is 25.3 Å². The maximum Gasteiger partial charge on any atom is 0.321 e. The maximum atomic E-state index is 11.3. The van der Waals surface area contributed by atoms with E-state index in [1.165, 1.54) is 0 Å². The van der Waals surface area contributed by atoms with Crippen LogP contribution in [0.15, 0.2) is 30.5 Å². The third-order valence-corrected chi connectivity index (χ3v) is 3.32. The molecular weight excluding hydrogens is 240 g/mol. The SMILES string of the molecule is CCCCNC(Cc1c[nH]c2ccccc12)C(=O)O. The van der Waals surface area contributed by atoms with E-state index in [-0.39, 0.29) is 0 Å². The number of rotatable bonds is 7. The van der Waals surface area contributed by atoms with Crippen molar-refractivity contribution in [1.29, 1.82) is 0 Å². The fourth-order valence-corrected chi connectivity index (χ4v) is 2.22. The van der Waals surface area contributed by atoms with Gasteiger partial charge in [0.05, 0.1) is 0 Å². The second kappa shape index (κ2) is 6.38. The number of aromatic amines is 1. The Hall–Kier alpha value is -1.81. The average Bonchev–Trinajstić information content (AvgIpc) is 2.81. The summed E-state index contributed by atoms with van der Waals surface area (Å²) < 4.78 is 0. The molecule has 0 radical (unpaired) electrons. The summed E-state index contributed by atoms with van der Waals surface area (Å²) in [6.07, 6.45) is 4.47. The number of hydrogen-bond acceptors (Lipinski definition) is 2. The van der Waals surface area contributed by atoms with Crippen molar-refractivity contribution in [3.63, 3.8) is 0 Å². The fourth-order valence-electron chi connectivity index (χ4n) is 2.22. The quantitative estimate of drug-likeness (QED) is 0.670. The number of H-pyrrole nitrogens is 1. The summed E-state index contributed by atoms with van der Waals surface area (Å²) in [6.45, 7) is 2.84. The normalized spacial score (nSPS) is 12.7. The largest absolute Gasteiger partial charge is 0.480 e. The molecule has 0 aliphatic heterocycles. The summed E-state index contributed by atoms with van der Waals surface area (Å²) in [6, 6.07) is 7.44. The molecule has 0 bridgehead atoms. The van der Waals surface area contributed by atoms with Crippen LogP contribution in [-0.4, -0.2) is 28.6 Å². The van der Waals surface area contributed by atoms with Gasteiger partial charge < -0.3 is 15.4 Å². The van der Waals surface area contributed by atoms with Crippen LogP contribution >= 0.6 is 0 Å². The lowest BCUT2D eigenvalue weighted by Gasteiger charge is -2.13. The van der Waals surface area contributed by atoms with Crippen LogP contribution in [0.2, 0.25) is 0 Å². The Labute approximate surface area is 112 Å². The Morgan fingerprint density at radius 2 is 2.21 bits per heavy atom. The lowest BCUT2D eigenvalue weighted by Crippen LogP contribution is -2.39. The van der Waals surface area contributed by atoms with Gasteiger partial charge in [-0.3, -0.25) is 4.79 Å². The molecule has 0 saturated carbocycles. The zero-order valence-electron chi connectivity index (χ0n) is 11.1. The monoisotopic (exact) mass is 260 g/mol. The summed E-state index contributed by atoms with van der Waals surface area (Å²) in [5.41, 5.74) is 2.10. The molecule has 0 spiro atoms. The van der Waals surface area contributed by atoms with E-state index in [1.54, 1.807) is 0 Å². The minimum atomic E-state index is -0.790. The molecule has 2 aromatic rings. The Morgan fingerprint density at radius 1 is 1.42 bits per heavy atom. The lowest BCUT2D eigenvalue weighted by atomic mass is 10.0. The van der Waals surface area contributed by atoms with Gasteiger partial charge in [-0.25, -0.2) is 0 Å². The van der Waals surface area contributed by atoms with Gasteiger partial charge in [-0.05, 0) is 24.6 Å². The molecule has 102 valence electrons. The summed E-state index contributed by atoms with van der Waals surface area (Å²) in [5.74, 6) is -0.790. The van der Waals surface area contributed by atoms with Crippen molar-refractivity contribution < 1.29 is 9.90 Å². The lowest BCUT2D eigenvalue weighted by molar-refractivity contribution is -0.139. The van der Waals surface area contributed by atoms with Crippen molar-refractivity contribution in [2.24, 2.45) is 0 Å². The minimum Gasteiger partial charge on any atom is -0.480 e. The zero-order chi connectivity index (χ0) is 13.7. The number of fused-ring (bicyclic) bond motifs is 1. The highest BCUT2D eigenvalue weighted by atomic mass is 16.4. The molecule has 4 nitrogen and oxygen atoms in total. The van der Waals surface area contributed by atoms with Gasteiger partial charge in [-0.1, -0.05) is 31.5 Å². The smallest absolute Gasteiger partial charge is 0.321 e. The summed E-state index contributed by atoms with van der Waals surface area (Å²) >= 11 is 0. The van der Waals surface area contributed by atoms with E-state index in [2.05, 4.69) is 17.2 Å². The molecule has 0 aliphatic rings. The third kappa shape index (κ3) is 3.35. The first-order valence-corrected chi connectivity index (χ1v) is 6.73. The Kier molecular flexibility index (Phi) is 4.58. The summed E-state index contributed by atoms with van der Waals surface area (Å²) in [5, 5.41) is 13.5. The second-order valence-corrected chi connectivity index (χ2v) is 4.76. The molecule has 0 saturated heterocycles.